The summed E-state index contributed by atoms with van der Waals surface area (Å²) >= 11 is 3.34. The maximum absolute atomic E-state index is 9.33. The lowest BCUT2D eigenvalue weighted by molar-refractivity contribution is 0.303. The Labute approximate surface area is 163 Å². The zero-order valence-electron chi connectivity index (χ0n) is 15.1. The fraction of sp³-hybridized carbons (Fsp3) is 0.286. The van der Waals surface area contributed by atoms with E-state index in [2.05, 4.69) is 56.1 Å². The first-order valence-corrected chi connectivity index (χ1v) is 10.2. The van der Waals surface area contributed by atoms with Gasteiger partial charge >= 0.3 is 0 Å². The molecule has 1 aromatic carbocycles. The minimum absolute atomic E-state index is 0.0175. The Kier molecular flexibility index (Phi) is 5.45. The molecular formula is C21H23N3S2. The highest BCUT2D eigenvalue weighted by atomic mass is 32.2. The molecule has 1 heterocycles. The maximum atomic E-state index is 9.33. The summed E-state index contributed by atoms with van der Waals surface area (Å²) in [5.74, 6) is 0.278. The highest BCUT2D eigenvalue weighted by Gasteiger charge is 2.44. The van der Waals surface area contributed by atoms with E-state index < -0.39 is 0 Å². The quantitative estimate of drug-likeness (QED) is 0.751. The highest BCUT2D eigenvalue weighted by molar-refractivity contribution is 8.05. The summed E-state index contributed by atoms with van der Waals surface area (Å²) in [5, 5.41) is 15.5. The SMILES string of the molecule is C=C(NC[C@]1(C)Cc2ccc(C#N)cc2[C@@H]1c1ccc(C)s1)S/C=C\N. The number of nitriles is 1. The normalized spacial score (nSPS) is 21.5. The summed E-state index contributed by atoms with van der Waals surface area (Å²) in [7, 11) is 0. The van der Waals surface area contributed by atoms with E-state index in [1.54, 1.807) is 0 Å². The molecule has 0 bridgehead atoms. The van der Waals surface area contributed by atoms with Crippen LogP contribution in [0.4, 0.5) is 0 Å². The summed E-state index contributed by atoms with van der Waals surface area (Å²) in [6.07, 6.45) is 2.50. The fourth-order valence-electron chi connectivity index (χ4n) is 3.74. The largest absolute Gasteiger partial charge is 0.404 e. The Balaban J connectivity index is 1.93. The molecule has 0 saturated heterocycles. The third kappa shape index (κ3) is 3.67. The summed E-state index contributed by atoms with van der Waals surface area (Å²) in [5.41, 5.74) is 8.78. The van der Waals surface area contributed by atoms with Crippen molar-refractivity contribution in [2.75, 3.05) is 6.54 Å². The molecule has 0 fully saturated rings. The van der Waals surface area contributed by atoms with Gasteiger partial charge in [0.1, 0.15) is 0 Å². The van der Waals surface area contributed by atoms with Crippen LogP contribution in [0.1, 0.15) is 39.3 Å². The number of benzene rings is 1. The van der Waals surface area contributed by atoms with Crippen LogP contribution < -0.4 is 11.1 Å². The summed E-state index contributed by atoms with van der Waals surface area (Å²) in [6.45, 7) is 9.35. The number of hydrogen-bond acceptors (Lipinski definition) is 5. The molecule has 3 rings (SSSR count). The van der Waals surface area contributed by atoms with Gasteiger partial charge in [-0.3, -0.25) is 0 Å². The van der Waals surface area contributed by atoms with Gasteiger partial charge in [-0.05, 0) is 54.1 Å². The lowest BCUT2D eigenvalue weighted by Gasteiger charge is -2.32. The second kappa shape index (κ2) is 7.61. The van der Waals surface area contributed by atoms with Crippen molar-refractivity contribution in [3.63, 3.8) is 0 Å². The summed E-state index contributed by atoms with van der Waals surface area (Å²) < 4.78 is 0. The molecule has 0 spiro atoms. The van der Waals surface area contributed by atoms with Gasteiger partial charge in [0.15, 0.2) is 0 Å². The van der Waals surface area contributed by atoms with Crippen LogP contribution in [0.15, 0.2) is 53.5 Å². The van der Waals surface area contributed by atoms with Crippen LogP contribution in [0.2, 0.25) is 0 Å². The van der Waals surface area contributed by atoms with Gasteiger partial charge in [0, 0.05) is 33.8 Å². The number of nitrogens with zero attached hydrogens (tertiary/aromatic N) is 1. The first-order chi connectivity index (χ1) is 12.5. The minimum Gasteiger partial charge on any atom is -0.404 e. The zero-order chi connectivity index (χ0) is 18.7. The van der Waals surface area contributed by atoms with Gasteiger partial charge in [-0.1, -0.05) is 31.3 Å². The number of thioether (sulfide) groups is 1. The first kappa shape index (κ1) is 18.6. The molecule has 0 saturated carbocycles. The Morgan fingerprint density at radius 3 is 2.96 bits per heavy atom. The van der Waals surface area contributed by atoms with Crippen molar-refractivity contribution in [1.82, 2.24) is 5.32 Å². The van der Waals surface area contributed by atoms with Gasteiger partial charge in [-0.2, -0.15) is 5.26 Å². The highest BCUT2D eigenvalue weighted by Crippen LogP contribution is 2.52. The number of hydrogen-bond donors (Lipinski definition) is 2. The third-order valence-corrected chi connectivity index (χ3v) is 6.69. The van der Waals surface area contributed by atoms with Crippen LogP contribution >= 0.6 is 23.1 Å². The number of rotatable bonds is 6. The number of thiophene rings is 1. The Bertz CT molecular complexity index is 891. The molecule has 0 unspecified atom stereocenters. The number of nitrogens with one attached hydrogen (secondary N) is 1. The average molecular weight is 382 g/mol. The van der Waals surface area contributed by atoms with Gasteiger partial charge < -0.3 is 11.1 Å². The van der Waals surface area contributed by atoms with E-state index in [1.807, 2.05) is 22.8 Å². The van der Waals surface area contributed by atoms with Crippen molar-refractivity contribution < 1.29 is 0 Å². The van der Waals surface area contributed by atoms with Gasteiger partial charge in [0.25, 0.3) is 0 Å². The van der Waals surface area contributed by atoms with Crippen LogP contribution in [0.3, 0.4) is 0 Å². The third-order valence-electron chi connectivity index (χ3n) is 4.90. The second-order valence-electron chi connectivity index (χ2n) is 6.96. The molecule has 0 aliphatic heterocycles. The topological polar surface area (TPSA) is 61.8 Å². The summed E-state index contributed by atoms with van der Waals surface area (Å²) in [4.78, 5) is 2.68. The van der Waals surface area contributed by atoms with Gasteiger partial charge in [0.05, 0.1) is 16.7 Å². The summed E-state index contributed by atoms with van der Waals surface area (Å²) in [6, 6.07) is 12.8. The molecule has 5 heteroatoms. The van der Waals surface area contributed by atoms with Gasteiger partial charge in [-0.25, -0.2) is 0 Å². The minimum atomic E-state index is 0.0175. The lowest BCUT2D eigenvalue weighted by atomic mass is 9.76. The van der Waals surface area contributed by atoms with Crippen LogP contribution in [0.25, 0.3) is 0 Å². The lowest BCUT2D eigenvalue weighted by Crippen LogP contribution is -2.34. The van der Waals surface area contributed by atoms with Crippen LogP contribution in [-0.4, -0.2) is 6.54 Å². The molecule has 2 aromatic rings. The molecule has 1 aliphatic rings. The second-order valence-corrected chi connectivity index (χ2v) is 9.28. The van der Waals surface area contributed by atoms with E-state index >= 15 is 0 Å². The van der Waals surface area contributed by atoms with Gasteiger partial charge in [-0.15, -0.1) is 11.3 Å². The molecule has 134 valence electrons. The Morgan fingerprint density at radius 1 is 1.50 bits per heavy atom. The Hall–Kier alpha value is -2.16. The molecule has 0 amide bonds. The van der Waals surface area contributed by atoms with E-state index in [4.69, 9.17) is 5.73 Å². The molecule has 3 nitrogen and oxygen atoms in total. The number of nitrogens with two attached hydrogens (primary N) is 1. The van der Waals surface area contributed by atoms with Crippen molar-refractivity contribution in [3.8, 4) is 6.07 Å². The van der Waals surface area contributed by atoms with E-state index in [1.165, 1.54) is 38.8 Å². The van der Waals surface area contributed by atoms with E-state index in [9.17, 15) is 5.26 Å². The average Bonchev–Trinajstić information content (AvgIpc) is 3.17. The number of aryl methyl sites for hydroxylation is 1. The fourth-order valence-corrected chi connectivity index (χ4v) is 5.31. The van der Waals surface area contributed by atoms with Gasteiger partial charge in [0.2, 0.25) is 0 Å². The molecule has 3 N–H and O–H groups in total. The van der Waals surface area contributed by atoms with E-state index in [-0.39, 0.29) is 11.3 Å². The van der Waals surface area contributed by atoms with E-state index in [0.717, 1.165) is 23.6 Å². The van der Waals surface area contributed by atoms with Crippen molar-refractivity contribution in [2.24, 2.45) is 11.1 Å². The first-order valence-electron chi connectivity index (χ1n) is 8.52. The van der Waals surface area contributed by atoms with Crippen LogP contribution in [-0.2, 0) is 6.42 Å². The van der Waals surface area contributed by atoms with Crippen molar-refractivity contribution in [1.29, 1.82) is 5.26 Å². The predicted octanol–water partition coefficient (Wildman–Crippen LogP) is 4.85. The number of fused-ring (bicyclic) bond motifs is 1. The van der Waals surface area contributed by atoms with Crippen molar-refractivity contribution in [2.45, 2.75) is 26.2 Å². The predicted molar refractivity (Wildman–Crippen MR) is 112 cm³/mol. The van der Waals surface area contributed by atoms with Crippen LogP contribution in [0, 0.1) is 23.7 Å². The van der Waals surface area contributed by atoms with Crippen molar-refractivity contribution in [3.05, 3.63) is 80.0 Å². The molecule has 1 aliphatic carbocycles. The zero-order valence-corrected chi connectivity index (χ0v) is 16.7. The molecule has 1 aromatic heterocycles. The van der Waals surface area contributed by atoms with E-state index in [0.29, 0.717) is 0 Å². The van der Waals surface area contributed by atoms with Crippen molar-refractivity contribution >= 4 is 23.1 Å². The van der Waals surface area contributed by atoms with Crippen LogP contribution in [0.5, 0.6) is 0 Å². The molecule has 2 atom stereocenters. The Morgan fingerprint density at radius 2 is 2.31 bits per heavy atom. The molecule has 26 heavy (non-hydrogen) atoms. The maximum Gasteiger partial charge on any atom is 0.0991 e. The smallest absolute Gasteiger partial charge is 0.0991 e. The molecule has 0 radical (unpaired) electrons. The standard InChI is InChI=1S/C21H23N3S2/c1-14-4-7-19(26-14)20-18-10-16(12-23)5-6-17(18)11-21(20,3)13-24-15(2)25-9-8-22/h4-10,20,24H,2,11,13,22H2,1,3H3/b9-8-/t20-,21+/m1/s1. The molecular weight excluding hydrogens is 358 g/mol. The monoisotopic (exact) mass is 381 g/mol.